The van der Waals surface area contributed by atoms with E-state index < -0.39 is 0 Å². The predicted octanol–water partition coefficient (Wildman–Crippen LogP) is 4.26. The number of aromatic nitrogens is 3. The van der Waals surface area contributed by atoms with Crippen LogP contribution in [0.1, 0.15) is 11.3 Å². The van der Waals surface area contributed by atoms with Gasteiger partial charge in [0.2, 0.25) is 5.91 Å². The van der Waals surface area contributed by atoms with Gasteiger partial charge in [-0.2, -0.15) is 5.10 Å². The molecule has 0 atom stereocenters. The van der Waals surface area contributed by atoms with Gasteiger partial charge in [0.15, 0.2) is 0 Å². The van der Waals surface area contributed by atoms with E-state index in [1.165, 1.54) is 6.08 Å². The van der Waals surface area contributed by atoms with Crippen molar-refractivity contribution in [3.05, 3.63) is 109 Å². The largest absolute Gasteiger partial charge is 0.347 e. The standard InChI is InChI=1S/C24H20N4O/c29-23(26-17-21-11-7-8-16-25-21)15-14-20-18-28(22-12-5-2-6-13-22)27-24(20)19-9-3-1-4-10-19/h1-16,18H,17H2,(H,26,29). The molecule has 1 amide bonds. The summed E-state index contributed by atoms with van der Waals surface area (Å²) in [4.78, 5) is 16.5. The third-order valence-electron chi connectivity index (χ3n) is 4.39. The minimum Gasteiger partial charge on any atom is -0.347 e. The number of rotatable bonds is 6. The van der Waals surface area contributed by atoms with Crippen molar-refractivity contribution in [1.82, 2.24) is 20.1 Å². The summed E-state index contributed by atoms with van der Waals surface area (Å²) in [5.74, 6) is -0.179. The van der Waals surface area contributed by atoms with Crippen molar-refractivity contribution in [3.8, 4) is 16.9 Å². The van der Waals surface area contributed by atoms with Crippen LogP contribution < -0.4 is 5.32 Å². The van der Waals surface area contributed by atoms with Gasteiger partial charge in [0.25, 0.3) is 0 Å². The molecule has 0 aliphatic heterocycles. The number of nitrogens with zero attached hydrogens (tertiary/aromatic N) is 3. The van der Waals surface area contributed by atoms with Crippen LogP contribution in [-0.2, 0) is 11.3 Å². The molecule has 2 heterocycles. The van der Waals surface area contributed by atoms with E-state index >= 15 is 0 Å². The first-order chi connectivity index (χ1) is 14.3. The molecule has 1 N–H and O–H groups in total. The van der Waals surface area contributed by atoms with Crippen molar-refractivity contribution in [2.24, 2.45) is 0 Å². The topological polar surface area (TPSA) is 59.8 Å². The highest BCUT2D eigenvalue weighted by Gasteiger charge is 2.10. The number of hydrogen-bond acceptors (Lipinski definition) is 3. The zero-order valence-electron chi connectivity index (χ0n) is 15.8. The lowest BCUT2D eigenvalue weighted by Gasteiger charge is -2.01. The molecule has 0 fully saturated rings. The maximum absolute atomic E-state index is 12.3. The zero-order chi connectivity index (χ0) is 19.9. The molecule has 0 aliphatic carbocycles. The van der Waals surface area contributed by atoms with Gasteiger partial charge in [-0.15, -0.1) is 0 Å². The number of carbonyl (C=O) groups is 1. The molecule has 2 aromatic carbocycles. The Kier molecular flexibility index (Phi) is 5.58. The Morgan fingerprint density at radius 3 is 2.38 bits per heavy atom. The van der Waals surface area contributed by atoms with Crippen LogP contribution >= 0.6 is 0 Å². The van der Waals surface area contributed by atoms with Gasteiger partial charge in [-0.1, -0.05) is 54.6 Å². The second-order valence-electron chi connectivity index (χ2n) is 6.45. The van der Waals surface area contributed by atoms with Crippen LogP contribution in [0, 0.1) is 0 Å². The van der Waals surface area contributed by atoms with Crippen molar-refractivity contribution < 1.29 is 4.79 Å². The van der Waals surface area contributed by atoms with Gasteiger partial charge in [-0.3, -0.25) is 9.78 Å². The zero-order valence-corrected chi connectivity index (χ0v) is 15.8. The van der Waals surface area contributed by atoms with Gasteiger partial charge in [0.1, 0.15) is 0 Å². The molecule has 0 bridgehead atoms. The van der Waals surface area contributed by atoms with E-state index in [0.29, 0.717) is 6.54 Å². The van der Waals surface area contributed by atoms with Crippen LogP contribution in [0.25, 0.3) is 23.0 Å². The third kappa shape index (κ3) is 4.65. The van der Waals surface area contributed by atoms with Gasteiger partial charge < -0.3 is 5.32 Å². The Labute approximate surface area is 169 Å². The molecule has 0 radical (unpaired) electrons. The first-order valence-corrected chi connectivity index (χ1v) is 9.36. The monoisotopic (exact) mass is 380 g/mol. The van der Waals surface area contributed by atoms with Gasteiger partial charge >= 0.3 is 0 Å². The summed E-state index contributed by atoms with van der Waals surface area (Å²) in [5.41, 5.74) is 4.46. The van der Waals surface area contributed by atoms with Crippen molar-refractivity contribution >= 4 is 12.0 Å². The maximum atomic E-state index is 12.3. The molecular weight excluding hydrogens is 360 g/mol. The Bertz CT molecular complexity index is 1100. The minimum absolute atomic E-state index is 0.179. The molecule has 29 heavy (non-hydrogen) atoms. The van der Waals surface area contributed by atoms with Gasteiger partial charge in [-0.25, -0.2) is 4.68 Å². The second kappa shape index (κ2) is 8.80. The van der Waals surface area contributed by atoms with Crippen LogP contribution in [0.5, 0.6) is 0 Å². The number of hydrogen-bond donors (Lipinski definition) is 1. The average molecular weight is 380 g/mol. The molecule has 0 saturated carbocycles. The Morgan fingerprint density at radius 1 is 0.931 bits per heavy atom. The number of amides is 1. The van der Waals surface area contributed by atoms with Crippen molar-refractivity contribution in [2.75, 3.05) is 0 Å². The quantitative estimate of drug-likeness (QED) is 0.508. The summed E-state index contributed by atoms with van der Waals surface area (Å²) in [5, 5.41) is 7.60. The smallest absolute Gasteiger partial charge is 0.244 e. The van der Waals surface area contributed by atoms with Crippen LogP contribution in [-0.4, -0.2) is 20.7 Å². The lowest BCUT2D eigenvalue weighted by Crippen LogP contribution is -2.20. The average Bonchev–Trinajstić information content (AvgIpc) is 3.22. The lowest BCUT2D eigenvalue weighted by atomic mass is 10.1. The first kappa shape index (κ1) is 18.4. The Balaban J connectivity index is 1.57. The predicted molar refractivity (Wildman–Crippen MR) is 114 cm³/mol. The molecule has 0 saturated heterocycles. The Hall–Kier alpha value is -3.99. The fourth-order valence-electron chi connectivity index (χ4n) is 2.95. The van der Waals surface area contributed by atoms with E-state index in [9.17, 15) is 4.79 Å². The molecule has 5 heteroatoms. The molecule has 0 aliphatic rings. The van der Waals surface area contributed by atoms with Crippen LogP contribution in [0.15, 0.2) is 97.3 Å². The van der Waals surface area contributed by atoms with Crippen LogP contribution in [0.2, 0.25) is 0 Å². The summed E-state index contributed by atoms with van der Waals surface area (Å²) in [6, 6.07) is 25.5. The van der Waals surface area contributed by atoms with E-state index in [1.54, 1.807) is 12.3 Å². The fraction of sp³-hybridized carbons (Fsp3) is 0.0417. The van der Waals surface area contributed by atoms with E-state index in [2.05, 4.69) is 10.3 Å². The Morgan fingerprint density at radius 2 is 1.66 bits per heavy atom. The summed E-state index contributed by atoms with van der Waals surface area (Å²) in [7, 11) is 0. The van der Waals surface area contributed by atoms with Crippen molar-refractivity contribution in [3.63, 3.8) is 0 Å². The molecule has 142 valence electrons. The number of pyridine rings is 1. The number of para-hydroxylation sites is 1. The number of benzene rings is 2. The van der Waals surface area contributed by atoms with Gasteiger partial charge in [0, 0.05) is 29.6 Å². The molecule has 4 aromatic rings. The highest BCUT2D eigenvalue weighted by molar-refractivity contribution is 5.92. The molecule has 2 aromatic heterocycles. The molecule has 0 unspecified atom stereocenters. The highest BCUT2D eigenvalue weighted by Crippen LogP contribution is 2.24. The van der Waals surface area contributed by atoms with E-state index in [1.807, 2.05) is 89.7 Å². The maximum Gasteiger partial charge on any atom is 0.244 e. The third-order valence-corrected chi connectivity index (χ3v) is 4.39. The molecule has 5 nitrogen and oxygen atoms in total. The first-order valence-electron chi connectivity index (χ1n) is 9.36. The minimum atomic E-state index is -0.179. The van der Waals surface area contributed by atoms with E-state index in [4.69, 9.17) is 5.10 Å². The lowest BCUT2D eigenvalue weighted by molar-refractivity contribution is -0.116. The SMILES string of the molecule is O=C(C=Cc1cn(-c2ccccc2)nc1-c1ccccc1)NCc1ccccn1. The van der Waals surface area contributed by atoms with Gasteiger partial charge in [0.05, 0.1) is 23.6 Å². The van der Waals surface area contributed by atoms with Crippen LogP contribution in [0.3, 0.4) is 0 Å². The number of carbonyl (C=O) groups excluding carboxylic acids is 1. The molecule has 4 rings (SSSR count). The molecular formula is C24H20N4O. The van der Waals surface area contributed by atoms with Crippen molar-refractivity contribution in [2.45, 2.75) is 6.54 Å². The van der Waals surface area contributed by atoms with E-state index in [0.717, 1.165) is 28.2 Å². The van der Waals surface area contributed by atoms with Gasteiger partial charge in [-0.05, 0) is 30.3 Å². The number of nitrogens with one attached hydrogen (secondary N) is 1. The molecule has 0 spiro atoms. The van der Waals surface area contributed by atoms with Crippen molar-refractivity contribution in [1.29, 1.82) is 0 Å². The van der Waals surface area contributed by atoms with Crippen LogP contribution in [0.4, 0.5) is 0 Å². The summed E-state index contributed by atoms with van der Waals surface area (Å²) < 4.78 is 1.83. The summed E-state index contributed by atoms with van der Waals surface area (Å²) >= 11 is 0. The fourth-order valence-corrected chi connectivity index (χ4v) is 2.95. The normalized spacial score (nSPS) is 10.9. The summed E-state index contributed by atoms with van der Waals surface area (Å²) in [6.07, 6.45) is 6.96. The van der Waals surface area contributed by atoms with E-state index in [-0.39, 0.29) is 5.91 Å². The summed E-state index contributed by atoms with van der Waals surface area (Å²) in [6.45, 7) is 0.388. The highest BCUT2D eigenvalue weighted by atomic mass is 16.1. The second-order valence-corrected chi connectivity index (χ2v) is 6.45.